The second kappa shape index (κ2) is 7.28. The monoisotopic (exact) mass is 371 g/mol. The minimum atomic E-state index is 0.162. The average molecular weight is 372 g/mol. The molecule has 0 atom stereocenters. The lowest BCUT2D eigenvalue weighted by molar-refractivity contribution is 0.0554. The van der Waals surface area contributed by atoms with E-state index in [-0.39, 0.29) is 5.91 Å². The maximum atomic E-state index is 13.1. The second-order valence-corrected chi connectivity index (χ2v) is 9.03. The number of piperazine rings is 1. The van der Waals surface area contributed by atoms with Crippen molar-refractivity contribution in [3.05, 3.63) is 34.5 Å². The molecule has 0 spiro atoms. The van der Waals surface area contributed by atoms with Gasteiger partial charge in [0.25, 0.3) is 5.91 Å². The van der Waals surface area contributed by atoms with Gasteiger partial charge in [-0.25, -0.2) is 0 Å². The lowest BCUT2D eigenvalue weighted by Gasteiger charge is -2.40. The lowest BCUT2D eigenvalue weighted by Crippen LogP contribution is -2.52. The third kappa shape index (κ3) is 3.27. The number of benzene rings is 1. The Morgan fingerprint density at radius 2 is 1.77 bits per heavy atom. The van der Waals surface area contributed by atoms with Crippen LogP contribution in [0.4, 0.5) is 0 Å². The molecule has 0 aliphatic carbocycles. The number of aromatic amines is 1. The molecular weight excluding hydrogens is 342 g/mol. The van der Waals surface area contributed by atoms with Gasteiger partial charge in [-0.15, -0.1) is 0 Å². The Hall–Kier alpha value is -1.46. The molecule has 1 aromatic heterocycles. The predicted octanol–water partition coefficient (Wildman–Crippen LogP) is 3.75. The van der Waals surface area contributed by atoms with E-state index < -0.39 is 0 Å². The van der Waals surface area contributed by atoms with Crippen molar-refractivity contribution in [3.63, 3.8) is 0 Å². The number of rotatable bonds is 2. The summed E-state index contributed by atoms with van der Waals surface area (Å²) >= 11 is 2.08. The Morgan fingerprint density at radius 3 is 2.46 bits per heavy atom. The molecule has 0 saturated carbocycles. The fourth-order valence-electron chi connectivity index (χ4n) is 4.50. The topological polar surface area (TPSA) is 39.3 Å². The van der Waals surface area contributed by atoms with Crippen molar-refractivity contribution in [2.45, 2.75) is 39.7 Å². The second-order valence-electron chi connectivity index (χ2n) is 7.80. The smallest absolute Gasteiger partial charge is 0.270 e. The van der Waals surface area contributed by atoms with Crippen molar-refractivity contribution in [2.75, 3.05) is 37.7 Å². The molecule has 2 fully saturated rings. The number of thioether (sulfide) groups is 1. The van der Waals surface area contributed by atoms with E-state index in [0.717, 1.165) is 49.0 Å². The van der Waals surface area contributed by atoms with Crippen molar-refractivity contribution in [1.82, 2.24) is 14.8 Å². The van der Waals surface area contributed by atoms with Gasteiger partial charge in [0.15, 0.2) is 0 Å². The highest BCUT2D eigenvalue weighted by molar-refractivity contribution is 7.99. The van der Waals surface area contributed by atoms with Crippen LogP contribution in [0.15, 0.2) is 12.1 Å². The quantitative estimate of drug-likeness (QED) is 0.874. The molecule has 1 amide bonds. The van der Waals surface area contributed by atoms with Crippen LogP contribution < -0.4 is 0 Å². The molecule has 4 rings (SSSR count). The van der Waals surface area contributed by atoms with Gasteiger partial charge in [-0.2, -0.15) is 11.8 Å². The predicted molar refractivity (Wildman–Crippen MR) is 110 cm³/mol. The molecule has 2 aliphatic heterocycles. The zero-order chi connectivity index (χ0) is 18.3. The van der Waals surface area contributed by atoms with E-state index in [9.17, 15) is 4.79 Å². The van der Waals surface area contributed by atoms with Gasteiger partial charge in [0, 0.05) is 43.1 Å². The molecule has 0 unspecified atom stereocenters. The highest BCUT2D eigenvalue weighted by Gasteiger charge is 2.29. The third-order valence-electron chi connectivity index (χ3n) is 6.03. The van der Waals surface area contributed by atoms with Gasteiger partial charge in [0.05, 0.1) is 0 Å². The van der Waals surface area contributed by atoms with Crippen molar-refractivity contribution < 1.29 is 4.79 Å². The summed E-state index contributed by atoms with van der Waals surface area (Å²) in [6.45, 7) is 10.0. The Morgan fingerprint density at radius 1 is 1.08 bits per heavy atom. The molecule has 26 heavy (non-hydrogen) atoms. The van der Waals surface area contributed by atoms with Crippen LogP contribution in [0.2, 0.25) is 0 Å². The highest BCUT2D eigenvalue weighted by Crippen LogP contribution is 2.27. The Bertz CT molecular complexity index is 814. The minimum absolute atomic E-state index is 0.162. The van der Waals surface area contributed by atoms with Gasteiger partial charge in [0.1, 0.15) is 5.69 Å². The molecule has 0 bridgehead atoms. The molecule has 0 radical (unpaired) electrons. The first-order chi connectivity index (χ1) is 12.5. The molecule has 1 aromatic carbocycles. The lowest BCUT2D eigenvalue weighted by atomic mass is 10.1. The van der Waals surface area contributed by atoms with Crippen LogP contribution in [-0.4, -0.2) is 64.4 Å². The summed E-state index contributed by atoms with van der Waals surface area (Å²) in [6.07, 6.45) is 2.61. The SMILES string of the molecule is Cc1cc(C)c2[nH]c(C(=O)N3CCN(C4CCSCC4)CC3)c(C)c2c1. The maximum absolute atomic E-state index is 13.1. The zero-order valence-electron chi connectivity index (χ0n) is 16.1. The molecule has 2 saturated heterocycles. The highest BCUT2D eigenvalue weighted by atomic mass is 32.2. The van der Waals surface area contributed by atoms with E-state index in [1.54, 1.807) is 0 Å². The Labute approximate surface area is 160 Å². The van der Waals surface area contributed by atoms with Gasteiger partial charge in [-0.3, -0.25) is 9.69 Å². The number of H-pyrrole nitrogens is 1. The number of nitrogens with one attached hydrogen (secondary N) is 1. The van der Waals surface area contributed by atoms with Gasteiger partial charge in [-0.05, 0) is 62.3 Å². The van der Waals surface area contributed by atoms with E-state index in [2.05, 4.69) is 54.5 Å². The van der Waals surface area contributed by atoms with E-state index in [0.29, 0.717) is 0 Å². The van der Waals surface area contributed by atoms with E-state index >= 15 is 0 Å². The fraction of sp³-hybridized carbons (Fsp3) is 0.571. The number of hydrogen-bond acceptors (Lipinski definition) is 3. The largest absolute Gasteiger partial charge is 0.350 e. The number of aryl methyl sites for hydroxylation is 3. The number of hydrogen-bond donors (Lipinski definition) is 1. The van der Waals surface area contributed by atoms with Gasteiger partial charge in [-0.1, -0.05) is 11.6 Å². The van der Waals surface area contributed by atoms with E-state index in [4.69, 9.17) is 0 Å². The van der Waals surface area contributed by atoms with Crippen LogP contribution >= 0.6 is 11.8 Å². The van der Waals surface area contributed by atoms with Crippen LogP contribution in [0.1, 0.15) is 40.0 Å². The zero-order valence-corrected chi connectivity index (χ0v) is 16.9. The summed E-state index contributed by atoms with van der Waals surface area (Å²) in [7, 11) is 0. The standard InChI is InChI=1S/C21H29N3OS/c1-14-12-15(2)19-18(13-14)16(3)20(22-19)21(25)24-8-6-23(7-9-24)17-4-10-26-11-5-17/h12-13,17,22H,4-11H2,1-3H3. The summed E-state index contributed by atoms with van der Waals surface area (Å²) in [5.41, 5.74) is 5.42. The number of amides is 1. The van der Waals surface area contributed by atoms with E-state index in [1.165, 1.54) is 40.9 Å². The summed E-state index contributed by atoms with van der Waals surface area (Å²) in [4.78, 5) is 21.2. The van der Waals surface area contributed by atoms with Crippen molar-refractivity contribution >= 4 is 28.6 Å². The van der Waals surface area contributed by atoms with Crippen LogP contribution in [0.25, 0.3) is 10.9 Å². The molecule has 2 aromatic rings. The van der Waals surface area contributed by atoms with Crippen molar-refractivity contribution in [2.24, 2.45) is 0 Å². The minimum Gasteiger partial charge on any atom is -0.350 e. The van der Waals surface area contributed by atoms with Crippen molar-refractivity contribution in [3.8, 4) is 0 Å². The molecule has 140 valence electrons. The summed E-state index contributed by atoms with van der Waals surface area (Å²) in [5, 5.41) is 1.18. The van der Waals surface area contributed by atoms with E-state index in [1.807, 2.05) is 4.90 Å². The third-order valence-corrected chi connectivity index (χ3v) is 7.08. The molecule has 3 heterocycles. The normalized spacial score (nSPS) is 20.0. The van der Waals surface area contributed by atoms with Gasteiger partial charge < -0.3 is 9.88 Å². The summed E-state index contributed by atoms with van der Waals surface area (Å²) in [5.74, 6) is 2.74. The molecule has 4 nitrogen and oxygen atoms in total. The Kier molecular flexibility index (Phi) is 5.02. The number of carbonyl (C=O) groups excluding carboxylic acids is 1. The first-order valence-corrected chi connectivity index (χ1v) is 10.9. The van der Waals surface area contributed by atoms with Crippen LogP contribution in [0.3, 0.4) is 0 Å². The summed E-state index contributed by atoms with van der Waals surface area (Å²) in [6, 6.07) is 5.09. The fourth-order valence-corrected chi connectivity index (χ4v) is 5.58. The molecular formula is C21H29N3OS. The first kappa shape index (κ1) is 17.9. The average Bonchev–Trinajstić information content (AvgIpc) is 2.99. The van der Waals surface area contributed by atoms with Gasteiger partial charge >= 0.3 is 0 Å². The maximum Gasteiger partial charge on any atom is 0.270 e. The molecule has 2 aliphatic rings. The summed E-state index contributed by atoms with van der Waals surface area (Å²) < 4.78 is 0. The number of fused-ring (bicyclic) bond motifs is 1. The Balaban J connectivity index is 1.49. The van der Waals surface area contributed by atoms with Crippen LogP contribution in [0, 0.1) is 20.8 Å². The molecule has 1 N–H and O–H groups in total. The van der Waals surface area contributed by atoms with Crippen LogP contribution in [-0.2, 0) is 0 Å². The first-order valence-electron chi connectivity index (χ1n) is 9.75. The van der Waals surface area contributed by atoms with Crippen molar-refractivity contribution in [1.29, 1.82) is 0 Å². The molecule has 5 heteroatoms. The van der Waals surface area contributed by atoms with Crippen LogP contribution in [0.5, 0.6) is 0 Å². The number of carbonyl (C=O) groups is 1. The number of nitrogens with zero attached hydrogens (tertiary/aromatic N) is 2. The number of aromatic nitrogens is 1. The van der Waals surface area contributed by atoms with Gasteiger partial charge in [0.2, 0.25) is 0 Å².